The SMILES string of the molecule is CNCCCCNC(=O)c1ccc2c(c1)CCCN2Cc1cnc2nc(N)nc(N)c2n1.NN/N=C(\N)c1cc(N)ccc1C=O.O=CO. The number of unbranched alkanes of at least 4 members (excludes halogenated alkanes) is 1. The number of aromatic nitrogens is 4. The summed E-state index contributed by atoms with van der Waals surface area (Å²) in [5, 5.41) is 16.6. The molecule has 3 heterocycles. The minimum atomic E-state index is -0.250. The number of hydrazine groups is 1. The zero-order valence-electron chi connectivity index (χ0n) is 27.1. The zero-order valence-corrected chi connectivity index (χ0v) is 27.1. The fraction of sp³-hybridized carbons (Fsp3) is 0.290. The van der Waals surface area contributed by atoms with E-state index in [0.717, 1.165) is 50.2 Å². The Bertz CT molecular complexity index is 1770. The number of hydrogen-bond acceptors (Lipinski definition) is 15. The van der Waals surface area contributed by atoms with Crippen LogP contribution in [0.25, 0.3) is 11.2 Å². The van der Waals surface area contributed by atoms with Crippen molar-refractivity contribution in [1.29, 1.82) is 0 Å². The number of hydrazone groups is 1. The van der Waals surface area contributed by atoms with E-state index in [4.69, 9.17) is 38.7 Å². The average molecular weight is 675 g/mol. The first-order valence-electron chi connectivity index (χ1n) is 15.2. The number of carbonyl (C=O) groups is 3. The zero-order chi connectivity index (χ0) is 35.8. The molecule has 0 aliphatic carbocycles. The smallest absolute Gasteiger partial charge is 0.290 e. The van der Waals surface area contributed by atoms with Gasteiger partial charge in [-0.05, 0) is 81.2 Å². The van der Waals surface area contributed by atoms with Crippen molar-refractivity contribution in [1.82, 2.24) is 36.1 Å². The van der Waals surface area contributed by atoms with Crippen LogP contribution in [0, 0.1) is 0 Å². The Kier molecular flexibility index (Phi) is 14.4. The van der Waals surface area contributed by atoms with Crippen molar-refractivity contribution in [3.05, 3.63) is 70.5 Å². The Balaban J connectivity index is 0.000000319. The number of amides is 1. The molecule has 2 aromatic heterocycles. The van der Waals surface area contributed by atoms with Gasteiger partial charge in [-0.15, -0.1) is 5.10 Å². The number of fused-ring (bicyclic) bond motifs is 2. The Labute approximate surface area is 282 Å². The maximum atomic E-state index is 12.5. The van der Waals surface area contributed by atoms with Crippen LogP contribution in [0.5, 0.6) is 0 Å². The predicted molar refractivity (Wildman–Crippen MR) is 188 cm³/mol. The third kappa shape index (κ3) is 10.7. The summed E-state index contributed by atoms with van der Waals surface area (Å²) >= 11 is 0. The number of aldehydes is 1. The molecule has 4 aromatic rings. The summed E-state index contributed by atoms with van der Waals surface area (Å²) < 4.78 is 0. The molecule has 0 spiro atoms. The highest BCUT2D eigenvalue weighted by molar-refractivity contribution is 6.04. The maximum Gasteiger partial charge on any atom is 0.290 e. The number of nitrogens with zero attached hydrogens (tertiary/aromatic N) is 6. The summed E-state index contributed by atoms with van der Waals surface area (Å²) in [6.07, 6.45) is 6.31. The summed E-state index contributed by atoms with van der Waals surface area (Å²) in [7, 11) is 1.93. The number of anilines is 4. The molecule has 260 valence electrons. The van der Waals surface area contributed by atoms with Gasteiger partial charge < -0.3 is 43.6 Å². The van der Waals surface area contributed by atoms with E-state index < -0.39 is 0 Å². The van der Waals surface area contributed by atoms with Crippen LogP contribution in [0.3, 0.4) is 0 Å². The summed E-state index contributed by atoms with van der Waals surface area (Å²) in [4.78, 5) is 50.8. The van der Waals surface area contributed by atoms with Gasteiger partial charge >= 0.3 is 0 Å². The van der Waals surface area contributed by atoms with Crippen LogP contribution in [-0.4, -0.2) is 76.2 Å². The van der Waals surface area contributed by atoms with E-state index in [1.54, 1.807) is 24.4 Å². The van der Waals surface area contributed by atoms with Crippen LogP contribution in [0.2, 0.25) is 0 Å². The number of nitrogen functional groups attached to an aromatic ring is 3. The summed E-state index contributed by atoms with van der Waals surface area (Å²) in [5.74, 6) is 5.36. The number of carbonyl (C=O) groups excluding carboxylic acids is 2. The number of nitrogens with one attached hydrogen (secondary N) is 3. The van der Waals surface area contributed by atoms with Crippen LogP contribution in [-0.2, 0) is 17.8 Å². The predicted octanol–water partition coefficient (Wildman–Crippen LogP) is 0.132. The van der Waals surface area contributed by atoms with Gasteiger partial charge in [-0.1, -0.05) is 0 Å². The first-order valence-corrected chi connectivity index (χ1v) is 15.2. The molecule has 0 atom stereocenters. The normalized spacial score (nSPS) is 12.0. The molecule has 49 heavy (non-hydrogen) atoms. The minimum absolute atomic E-state index is 0.0236. The summed E-state index contributed by atoms with van der Waals surface area (Å²) in [6, 6.07) is 10.6. The van der Waals surface area contributed by atoms with Crippen LogP contribution in [0.15, 0.2) is 47.7 Å². The van der Waals surface area contributed by atoms with Gasteiger partial charge in [0.05, 0.1) is 18.4 Å². The van der Waals surface area contributed by atoms with Gasteiger partial charge in [0.1, 0.15) is 0 Å². The van der Waals surface area contributed by atoms with Crippen molar-refractivity contribution >= 4 is 58.8 Å². The fourth-order valence-corrected chi connectivity index (χ4v) is 4.99. The van der Waals surface area contributed by atoms with Gasteiger partial charge in [-0.3, -0.25) is 14.4 Å². The van der Waals surface area contributed by atoms with Crippen molar-refractivity contribution in [3.63, 3.8) is 0 Å². The van der Waals surface area contributed by atoms with E-state index in [0.29, 0.717) is 52.9 Å². The summed E-state index contributed by atoms with van der Waals surface area (Å²) in [6.45, 7) is 2.87. The highest BCUT2D eigenvalue weighted by Crippen LogP contribution is 2.29. The highest BCUT2D eigenvalue weighted by atomic mass is 16.3. The Hall–Kier alpha value is -6.14. The van der Waals surface area contributed by atoms with E-state index >= 15 is 0 Å². The first-order chi connectivity index (χ1) is 23.6. The van der Waals surface area contributed by atoms with Gasteiger partial charge in [0, 0.05) is 41.2 Å². The van der Waals surface area contributed by atoms with Crippen LogP contribution in [0.1, 0.15) is 56.8 Å². The molecular weight excluding hydrogens is 632 g/mol. The second kappa shape index (κ2) is 18.9. The molecule has 0 bridgehead atoms. The van der Waals surface area contributed by atoms with Crippen molar-refractivity contribution in [2.45, 2.75) is 32.2 Å². The van der Waals surface area contributed by atoms with E-state index in [2.05, 4.69) is 40.6 Å². The lowest BCUT2D eigenvalue weighted by Gasteiger charge is -2.31. The number of carboxylic acid groups (broad SMARTS) is 1. The third-order valence-electron chi connectivity index (χ3n) is 7.21. The van der Waals surface area contributed by atoms with Crippen molar-refractivity contribution in [2.24, 2.45) is 16.7 Å². The molecule has 0 saturated heterocycles. The van der Waals surface area contributed by atoms with Gasteiger partial charge in [0.25, 0.3) is 12.4 Å². The molecule has 1 aliphatic heterocycles. The Morgan fingerprint density at radius 3 is 2.53 bits per heavy atom. The fourth-order valence-electron chi connectivity index (χ4n) is 4.99. The number of nitrogens with two attached hydrogens (primary N) is 5. The second-order valence-corrected chi connectivity index (χ2v) is 10.6. The molecule has 0 saturated carbocycles. The number of benzene rings is 2. The van der Waals surface area contributed by atoms with Crippen LogP contribution < -0.4 is 49.8 Å². The molecular formula is C31H42N14O4. The van der Waals surface area contributed by atoms with E-state index in [1.807, 2.05) is 30.8 Å². The summed E-state index contributed by atoms with van der Waals surface area (Å²) in [5.41, 5.74) is 30.7. The first kappa shape index (κ1) is 37.3. The lowest BCUT2D eigenvalue weighted by molar-refractivity contribution is -0.122. The van der Waals surface area contributed by atoms with E-state index in [9.17, 15) is 9.59 Å². The van der Waals surface area contributed by atoms with Gasteiger partial charge in [0.15, 0.2) is 29.1 Å². The van der Waals surface area contributed by atoms with Crippen LogP contribution >= 0.6 is 0 Å². The highest BCUT2D eigenvalue weighted by Gasteiger charge is 2.20. The molecule has 1 aliphatic rings. The molecule has 18 heteroatoms. The number of aryl methyl sites for hydroxylation is 1. The molecule has 14 N–H and O–H groups in total. The monoisotopic (exact) mass is 674 g/mol. The third-order valence-corrected chi connectivity index (χ3v) is 7.21. The second-order valence-electron chi connectivity index (χ2n) is 10.6. The van der Waals surface area contributed by atoms with Gasteiger partial charge in [0.2, 0.25) is 5.95 Å². The van der Waals surface area contributed by atoms with E-state index in [1.165, 1.54) is 5.56 Å². The Morgan fingerprint density at radius 2 is 1.82 bits per heavy atom. The average Bonchev–Trinajstić information content (AvgIpc) is 3.09. The molecule has 0 radical (unpaired) electrons. The largest absolute Gasteiger partial charge is 0.483 e. The molecule has 0 fully saturated rings. The standard InChI is InChI=1S/C22H29N9O.C8H11N5O.CH2O2/c1-25-8-2-3-9-26-21(32)15-6-7-17-14(11-15)5-4-10-31(17)13-16-12-27-20-18(28-16)19(23)29-22(24)30-20;9-6-2-1-5(4-14)7(3-6)8(10)12-13-11;2-1-3/h6-7,11-12,25H,2-5,8-10,13H2,1H3,(H,26,32)(H4,23,24,27,29,30);1-4,13H,9,11H2,(H2,10,12);1H,(H,2,3). The molecule has 2 aromatic carbocycles. The van der Waals surface area contributed by atoms with Gasteiger partial charge in [-0.25, -0.2) is 21.3 Å². The molecule has 0 unspecified atom stereocenters. The molecule has 5 rings (SSSR count). The maximum absolute atomic E-state index is 12.5. The van der Waals surface area contributed by atoms with Crippen molar-refractivity contribution in [2.75, 3.05) is 48.8 Å². The number of rotatable bonds is 11. The number of amidine groups is 1. The van der Waals surface area contributed by atoms with Crippen molar-refractivity contribution in [3.8, 4) is 0 Å². The lowest BCUT2D eigenvalue weighted by Crippen LogP contribution is -2.30. The van der Waals surface area contributed by atoms with E-state index in [-0.39, 0.29) is 30.0 Å². The topological polar surface area (TPSA) is 305 Å². The quantitative estimate of drug-likeness (QED) is 0.0194. The lowest BCUT2D eigenvalue weighted by atomic mass is 9.98. The molecule has 1 amide bonds. The van der Waals surface area contributed by atoms with Crippen molar-refractivity contribution < 1.29 is 19.5 Å². The molecule has 18 nitrogen and oxygen atoms in total. The number of hydrogen-bond donors (Lipinski definition) is 9. The minimum Gasteiger partial charge on any atom is -0.483 e. The van der Waals surface area contributed by atoms with Crippen LogP contribution in [0.4, 0.5) is 23.1 Å². The van der Waals surface area contributed by atoms with Gasteiger partial charge in [-0.2, -0.15) is 9.97 Å². The Morgan fingerprint density at radius 1 is 1.06 bits per heavy atom.